The van der Waals surface area contributed by atoms with Crippen molar-refractivity contribution < 1.29 is 4.79 Å². The van der Waals surface area contributed by atoms with Crippen LogP contribution in [0, 0.1) is 5.92 Å². The normalized spacial score (nSPS) is 17.6. The number of nitrogens with zero attached hydrogens (tertiary/aromatic N) is 2. The third kappa shape index (κ3) is 4.26. The van der Waals surface area contributed by atoms with Crippen LogP contribution >= 0.6 is 0 Å². The Morgan fingerprint density at radius 1 is 1.07 bits per heavy atom. The van der Waals surface area contributed by atoms with Crippen LogP contribution < -0.4 is 10.2 Å². The van der Waals surface area contributed by atoms with Crippen molar-refractivity contribution in [3.63, 3.8) is 0 Å². The van der Waals surface area contributed by atoms with E-state index < -0.39 is 0 Å². The van der Waals surface area contributed by atoms with Crippen molar-refractivity contribution in [1.82, 2.24) is 4.90 Å². The number of urea groups is 1. The van der Waals surface area contributed by atoms with Gasteiger partial charge in [-0.3, -0.25) is 0 Å². The highest BCUT2D eigenvalue weighted by molar-refractivity contribution is 5.93. The molecule has 0 bridgehead atoms. The maximum absolute atomic E-state index is 13.3. The highest BCUT2D eigenvalue weighted by atomic mass is 16.2. The molecule has 1 unspecified atom stereocenters. The molecule has 4 nitrogen and oxygen atoms in total. The Bertz CT molecular complexity index is 766. The van der Waals surface area contributed by atoms with Crippen LogP contribution in [0.2, 0.25) is 0 Å². The fourth-order valence-electron chi connectivity index (χ4n) is 4.01. The van der Waals surface area contributed by atoms with Gasteiger partial charge in [-0.25, -0.2) is 4.79 Å². The van der Waals surface area contributed by atoms with E-state index in [0.717, 1.165) is 24.5 Å². The molecule has 2 aliphatic rings. The summed E-state index contributed by atoms with van der Waals surface area (Å²) in [5.41, 5.74) is 3.24. The third-order valence-corrected chi connectivity index (χ3v) is 5.84. The molecule has 27 heavy (non-hydrogen) atoms. The molecular formula is C23H29N3O. The van der Waals surface area contributed by atoms with Crippen LogP contribution in [0.1, 0.15) is 38.2 Å². The Labute approximate surface area is 162 Å². The second kappa shape index (κ2) is 8.03. The number of hydrogen-bond acceptors (Lipinski definition) is 2. The van der Waals surface area contributed by atoms with Gasteiger partial charge >= 0.3 is 6.03 Å². The molecule has 1 saturated carbocycles. The lowest BCUT2D eigenvalue weighted by Gasteiger charge is -2.31. The van der Waals surface area contributed by atoms with Gasteiger partial charge in [0.05, 0.1) is 11.4 Å². The van der Waals surface area contributed by atoms with Gasteiger partial charge in [0.1, 0.15) is 0 Å². The van der Waals surface area contributed by atoms with Crippen molar-refractivity contribution in [3.05, 3.63) is 60.2 Å². The van der Waals surface area contributed by atoms with E-state index in [4.69, 9.17) is 0 Å². The Morgan fingerprint density at radius 2 is 1.74 bits per heavy atom. The van der Waals surface area contributed by atoms with Gasteiger partial charge in [-0.15, -0.1) is 0 Å². The Morgan fingerprint density at radius 3 is 2.44 bits per heavy atom. The number of para-hydroxylation sites is 2. The van der Waals surface area contributed by atoms with Gasteiger partial charge in [-0.05, 0) is 56.2 Å². The number of benzene rings is 2. The lowest BCUT2D eigenvalue weighted by Crippen LogP contribution is -2.42. The first-order chi connectivity index (χ1) is 13.2. The van der Waals surface area contributed by atoms with Gasteiger partial charge in [0.2, 0.25) is 0 Å². The summed E-state index contributed by atoms with van der Waals surface area (Å²) < 4.78 is 0. The molecule has 0 spiro atoms. The number of rotatable bonds is 6. The zero-order valence-electron chi connectivity index (χ0n) is 16.1. The highest BCUT2D eigenvalue weighted by Gasteiger charge is 2.34. The molecule has 2 aromatic carbocycles. The summed E-state index contributed by atoms with van der Waals surface area (Å²) in [6.07, 6.45) is 4.90. The van der Waals surface area contributed by atoms with Gasteiger partial charge in [0.15, 0.2) is 0 Å². The summed E-state index contributed by atoms with van der Waals surface area (Å²) in [6, 6.07) is 18.7. The maximum Gasteiger partial charge on any atom is 0.322 e. The van der Waals surface area contributed by atoms with Crippen LogP contribution in [-0.4, -0.2) is 30.1 Å². The molecule has 0 radical (unpaired) electrons. The van der Waals surface area contributed by atoms with E-state index in [1.165, 1.54) is 31.2 Å². The first-order valence-corrected chi connectivity index (χ1v) is 10.2. The molecule has 1 heterocycles. The quantitative estimate of drug-likeness (QED) is 0.773. The van der Waals surface area contributed by atoms with E-state index >= 15 is 0 Å². The van der Waals surface area contributed by atoms with Crippen LogP contribution in [0.25, 0.3) is 0 Å². The number of amides is 2. The second-order valence-electron chi connectivity index (χ2n) is 7.83. The van der Waals surface area contributed by atoms with Crippen LogP contribution in [0.4, 0.5) is 16.2 Å². The lowest BCUT2D eigenvalue weighted by atomic mass is 10.1. The molecule has 142 valence electrons. The van der Waals surface area contributed by atoms with E-state index in [9.17, 15) is 4.79 Å². The maximum atomic E-state index is 13.3. The summed E-state index contributed by atoms with van der Waals surface area (Å²) in [4.78, 5) is 17.6. The van der Waals surface area contributed by atoms with Crippen LogP contribution in [-0.2, 0) is 6.54 Å². The van der Waals surface area contributed by atoms with E-state index in [1.807, 2.05) is 35.2 Å². The van der Waals surface area contributed by atoms with Crippen molar-refractivity contribution in [1.29, 1.82) is 0 Å². The number of hydrogen-bond donors (Lipinski definition) is 1. The number of carbonyl (C=O) groups is 1. The van der Waals surface area contributed by atoms with Crippen molar-refractivity contribution in [2.75, 3.05) is 23.3 Å². The summed E-state index contributed by atoms with van der Waals surface area (Å²) in [6.45, 7) is 4.97. The number of anilines is 2. The van der Waals surface area contributed by atoms with Crippen molar-refractivity contribution in [3.8, 4) is 0 Å². The van der Waals surface area contributed by atoms with Gasteiger partial charge in [-0.2, -0.15) is 0 Å². The predicted octanol–water partition coefficient (Wildman–Crippen LogP) is 5.12. The molecule has 4 rings (SSSR count). The van der Waals surface area contributed by atoms with Crippen LogP contribution in [0.5, 0.6) is 0 Å². The van der Waals surface area contributed by atoms with Gasteiger partial charge in [0, 0.05) is 25.7 Å². The molecule has 0 aromatic heterocycles. The molecule has 2 amide bonds. The third-order valence-electron chi connectivity index (χ3n) is 5.84. The highest BCUT2D eigenvalue weighted by Crippen LogP contribution is 2.36. The molecular weight excluding hydrogens is 334 g/mol. The minimum atomic E-state index is 0.00454. The zero-order chi connectivity index (χ0) is 18.6. The first kappa shape index (κ1) is 17.9. The summed E-state index contributed by atoms with van der Waals surface area (Å²) in [5.74, 6) is 0.633. The fraction of sp³-hybridized carbons (Fsp3) is 0.435. The van der Waals surface area contributed by atoms with Gasteiger partial charge < -0.3 is 15.1 Å². The average molecular weight is 364 g/mol. The average Bonchev–Trinajstić information content (AvgIpc) is 3.41. The molecule has 1 aliphatic heterocycles. The molecule has 2 aromatic rings. The molecule has 2 fully saturated rings. The van der Waals surface area contributed by atoms with Crippen molar-refractivity contribution in [2.45, 2.75) is 45.2 Å². The van der Waals surface area contributed by atoms with Crippen molar-refractivity contribution >= 4 is 17.4 Å². The minimum absolute atomic E-state index is 0.00454. The summed E-state index contributed by atoms with van der Waals surface area (Å²) in [5, 5.41) is 3.22. The zero-order valence-corrected chi connectivity index (χ0v) is 16.1. The summed E-state index contributed by atoms with van der Waals surface area (Å²) in [7, 11) is 0. The number of carbonyl (C=O) groups excluding carboxylic acids is 1. The lowest BCUT2D eigenvalue weighted by molar-refractivity contribution is 0.181. The monoisotopic (exact) mass is 363 g/mol. The van der Waals surface area contributed by atoms with E-state index in [1.54, 1.807) is 0 Å². The second-order valence-corrected chi connectivity index (χ2v) is 7.83. The Balaban J connectivity index is 1.53. The smallest absolute Gasteiger partial charge is 0.322 e. The Hall–Kier alpha value is -2.49. The van der Waals surface area contributed by atoms with E-state index in [2.05, 4.69) is 41.4 Å². The molecule has 4 heteroatoms. The topological polar surface area (TPSA) is 35.6 Å². The fourth-order valence-corrected chi connectivity index (χ4v) is 4.01. The first-order valence-electron chi connectivity index (χ1n) is 10.2. The van der Waals surface area contributed by atoms with Crippen LogP contribution in [0.3, 0.4) is 0 Å². The summed E-state index contributed by atoms with van der Waals surface area (Å²) >= 11 is 0. The molecule has 1 aliphatic carbocycles. The van der Waals surface area contributed by atoms with Crippen LogP contribution in [0.15, 0.2) is 54.6 Å². The van der Waals surface area contributed by atoms with E-state index in [0.29, 0.717) is 12.5 Å². The SMILES string of the molecule is CC(C1CC1)N(Cc1ccccc1)C(=O)Nc1ccccc1N1CCCC1. The van der Waals surface area contributed by atoms with E-state index in [-0.39, 0.29) is 12.1 Å². The molecule has 1 saturated heterocycles. The standard InChI is InChI=1S/C23H29N3O/c1-18(20-13-14-20)26(17-19-9-3-2-4-10-19)23(27)24-21-11-5-6-12-22(21)25-15-7-8-16-25/h2-6,9-12,18,20H,7-8,13-17H2,1H3,(H,24,27). The largest absolute Gasteiger partial charge is 0.370 e. The Kier molecular flexibility index (Phi) is 5.33. The number of nitrogens with one attached hydrogen (secondary N) is 1. The van der Waals surface area contributed by atoms with Gasteiger partial charge in [-0.1, -0.05) is 42.5 Å². The van der Waals surface area contributed by atoms with Gasteiger partial charge in [0.25, 0.3) is 0 Å². The predicted molar refractivity (Wildman–Crippen MR) is 111 cm³/mol. The molecule has 1 N–H and O–H groups in total. The molecule has 1 atom stereocenters. The van der Waals surface area contributed by atoms with Crippen molar-refractivity contribution in [2.24, 2.45) is 5.92 Å². The minimum Gasteiger partial charge on any atom is -0.370 e.